The van der Waals surface area contributed by atoms with E-state index < -0.39 is 0 Å². The van der Waals surface area contributed by atoms with Crippen molar-refractivity contribution in [3.8, 4) is 11.5 Å². The zero-order valence-electron chi connectivity index (χ0n) is 18.6. The van der Waals surface area contributed by atoms with E-state index in [1.807, 2.05) is 38.1 Å². The number of benzene rings is 4. The van der Waals surface area contributed by atoms with Crippen molar-refractivity contribution in [2.24, 2.45) is 0 Å². The van der Waals surface area contributed by atoms with Gasteiger partial charge in [-0.25, -0.2) is 4.39 Å². The number of hydrogen-bond acceptors (Lipinski definition) is 2. The zero-order chi connectivity index (χ0) is 22.4. The molecular formula is C27H31FO2. The number of aromatic hydroxyl groups is 2. The first-order valence-corrected chi connectivity index (χ1v) is 10.4. The van der Waals surface area contributed by atoms with Crippen LogP contribution in [-0.2, 0) is 0 Å². The Morgan fingerprint density at radius 3 is 1.83 bits per heavy atom. The predicted octanol–water partition coefficient (Wildman–Crippen LogP) is 8.00. The molecule has 0 saturated heterocycles. The van der Waals surface area contributed by atoms with Crippen molar-refractivity contribution in [3.05, 3.63) is 83.2 Å². The Bertz CT molecular complexity index is 1150. The lowest BCUT2D eigenvalue weighted by atomic mass is 9.93. The van der Waals surface area contributed by atoms with Crippen LogP contribution in [0.2, 0.25) is 0 Å². The third-order valence-electron chi connectivity index (χ3n) is 4.93. The van der Waals surface area contributed by atoms with Crippen molar-refractivity contribution < 1.29 is 14.6 Å². The molecule has 30 heavy (non-hydrogen) atoms. The summed E-state index contributed by atoms with van der Waals surface area (Å²) >= 11 is 0. The van der Waals surface area contributed by atoms with Crippen molar-refractivity contribution in [1.29, 1.82) is 0 Å². The Kier molecular flexibility index (Phi) is 7.82. The molecule has 0 aliphatic rings. The fourth-order valence-electron chi connectivity index (χ4n) is 3.67. The standard InChI is InChI=1S/C14H16O.C11H9FO.C2H6/c1-9(2)13-8-12(15)7-11-6-4-5-10(3)14(11)13;1-7-5-9(13)6-8-3-2-4-10(12)11(7)8;1-2/h4-9,15H,1-3H3;2-6,13H,1H3;1-2H3. The van der Waals surface area contributed by atoms with Crippen molar-refractivity contribution in [2.75, 3.05) is 0 Å². The minimum Gasteiger partial charge on any atom is -0.508 e. The van der Waals surface area contributed by atoms with Crippen LogP contribution in [0.25, 0.3) is 21.5 Å². The van der Waals surface area contributed by atoms with E-state index in [9.17, 15) is 14.6 Å². The quantitative estimate of drug-likeness (QED) is 0.336. The molecule has 0 unspecified atom stereocenters. The molecule has 0 aliphatic carbocycles. The van der Waals surface area contributed by atoms with E-state index in [1.165, 1.54) is 22.6 Å². The average Bonchev–Trinajstić information content (AvgIpc) is 2.69. The molecule has 0 heterocycles. The van der Waals surface area contributed by atoms with Gasteiger partial charge in [-0.05, 0) is 82.9 Å². The van der Waals surface area contributed by atoms with Crippen molar-refractivity contribution in [1.82, 2.24) is 0 Å². The maximum atomic E-state index is 13.3. The number of halogens is 1. The van der Waals surface area contributed by atoms with Crippen molar-refractivity contribution in [3.63, 3.8) is 0 Å². The molecule has 2 N–H and O–H groups in total. The smallest absolute Gasteiger partial charge is 0.131 e. The number of rotatable bonds is 1. The summed E-state index contributed by atoms with van der Waals surface area (Å²) in [6.07, 6.45) is 0. The van der Waals surface area contributed by atoms with Crippen molar-refractivity contribution >= 4 is 21.5 Å². The van der Waals surface area contributed by atoms with Gasteiger partial charge in [0.1, 0.15) is 17.3 Å². The predicted molar refractivity (Wildman–Crippen MR) is 126 cm³/mol. The Hall–Kier alpha value is -3.07. The summed E-state index contributed by atoms with van der Waals surface area (Å²) in [7, 11) is 0. The second-order valence-electron chi connectivity index (χ2n) is 7.46. The molecule has 0 aliphatic heterocycles. The van der Waals surface area contributed by atoms with Crippen LogP contribution in [0, 0.1) is 19.7 Å². The molecule has 2 nitrogen and oxygen atoms in total. The summed E-state index contributed by atoms with van der Waals surface area (Å²) in [6, 6.07) is 17.9. The third-order valence-corrected chi connectivity index (χ3v) is 4.93. The van der Waals surface area contributed by atoms with E-state index in [2.05, 4.69) is 26.8 Å². The number of phenolic OH excluding ortho intramolecular Hbond substituents is 2. The van der Waals surface area contributed by atoms with Gasteiger partial charge in [-0.3, -0.25) is 0 Å². The minimum absolute atomic E-state index is 0.176. The Morgan fingerprint density at radius 2 is 1.23 bits per heavy atom. The number of hydrogen-bond donors (Lipinski definition) is 2. The lowest BCUT2D eigenvalue weighted by molar-refractivity contribution is 0.474. The van der Waals surface area contributed by atoms with Gasteiger partial charge in [-0.1, -0.05) is 58.0 Å². The highest BCUT2D eigenvalue weighted by Crippen LogP contribution is 2.32. The van der Waals surface area contributed by atoms with Crippen LogP contribution in [0.5, 0.6) is 11.5 Å². The molecule has 0 fully saturated rings. The normalized spacial score (nSPS) is 10.4. The third kappa shape index (κ3) is 5.10. The van der Waals surface area contributed by atoms with E-state index in [4.69, 9.17) is 0 Å². The molecule has 4 rings (SSSR count). The molecule has 0 spiro atoms. The molecule has 4 aromatic carbocycles. The van der Waals surface area contributed by atoms with Crippen LogP contribution in [0.1, 0.15) is 50.3 Å². The average molecular weight is 407 g/mol. The highest BCUT2D eigenvalue weighted by Gasteiger charge is 2.09. The number of fused-ring (bicyclic) bond motifs is 2. The van der Waals surface area contributed by atoms with Gasteiger partial charge < -0.3 is 10.2 Å². The molecule has 4 aromatic rings. The molecule has 158 valence electrons. The molecule has 0 aromatic heterocycles. The van der Waals surface area contributed by atoms with Crippen LogP contribution in [0.3, 0.4) is 0 Å². The molecular weight excluding hydrogens is 375 g/mol. The maximum Gasteiger partial charge on any atom is 0.131 e. The molecule has 0 saturated carbocycles. The van der Waals surface area contributed by atoms with E-state index >= 15 is 0 Å². The monoisotopic (exact) mass is 406 g/mol. The first kappa shape index (κ1) is 23.2. The van der Waals surface area contributed by atoms with Crippen LogP contribution < -0.4 is 0 Å². The zero-order valence-corrected chi connectivity index (χ0v) is 18.6. The van der Waals surface area contributed by atoms with Gasteiger partial charge >= 0.3 is 0 Å². The lowest BCUT2D eigenvalue weighted by Crippen LogP contribution is -1.91. The Labute approximate surface area is 178 Å². The summed E-state index contributed by atoms with van der Waals surface area (Å²) in [5.41, 5.74) is 3.26. The molecule has 0 radical (unpaired) electrons. The van der Waals surface area contributed by atoms with Gasteiger partial charge in [-0.2, -0.15) is 0 Å². The fraction of sp³-hybridized carbons (Fsp3) is 0.259. The first-order valence-electron chi connectivity index (χ1n) is 10.4. The van der Waals surface area contributed by atoms with Crippen LogP contribution in [0.4, 0.5) is 4.39 Å². The minimum atomic E-state index is -0.241. The second-order valence-corrected chi connectivity index (χ2v) is 7.46. The van der Waals surface area contributed by atoms with Gasteiger partial charge in [0.25, 0.3) is 0 Å². The SMILES string of the molecule is CC.Cc1cc(O)cc2cccc(F)c12.Cc1cccc2cc(O)cc(C(C)C)c12. The second kappa shape index (κ2) is 10.1. The molecule has 0 amide bonds. The van der Waals surface area contributed by atoms with E-state index in [1.54, 1.807) is 31.2 Å². The Balaban J connectivity index is 0.000000199. The fourth-order valence-corrected chi connectivity index (χ4v) is 3.67. The van der Waals surface area contributed by atoms with Gasteiger partial charge in [0.15, 0.2) is 0 Å². The van der Waals surface area contributed by atoms with E-state index in [0.29, 0.717) is 17.1 Å². The number of aryl methyl sites for hydroxylation is 2. The highest BCUT2D eigenvalue weighted by atomic mass is 19.1. The molecule has 3 heteroatoms. The summed E-state index contributed by atoms with van der Waals surface area (Å²) in [5.74, 6) is 0.725. The van der Waals surface area contributed by atoms with E-state index in [0.717, 1.165) is 16.3 Å². The van der Waals surface area contributed by atoms with Gasteiger partial charge in [-0.15, -0.1) is 0 Å². The first-order chi connectivity index (χ1) is 14.3. The summed E-state index contributed by atoms with van der Waals surface area (Å²) in [5, 5.41) is 22.7. The largest absolute Gasteiger partial charge is 0.508 e. The summed E-state index contributed by atoms with van der Waals surface area (Å²) < 4.78 is 13.3. The molecule has 0 bridgehead atoms. The Morgan fingerprint density at radius 1 is 0.700 bits per heavy atom. The van der Waals surface area contributed by atoms with Crippen molar-refractivity contribution in [2.45, 2.75) is 47.5 Å². The summed E-state index contributed by atoms with van der Waals surface area (Å²) in [6.45, 7) is 12.2. The summed E-state index contributed by atoms with van der Waals surface area (Å²) in [4.78, 5) is 0. The number of phenols is 2. The molecule has 0 atom stereocenters. The van der Waals surface area contributed by atoms with Gasteiger partial charge in [0.2, 0.25) is 0 Å². The van der Waals surface area contributed by atoms with Crippen LogP contribution in [0.15, 0.2) is 60.7 Å². The maximum absolute atomic E-state index is 13.3. The topological polar surface area (TPSA) is 40.5 Å². The van der Waals surface area contributed by atoms with Gasteiger partial charge in [0.05, 0.1) is 0 Å². The van der Waals surface area contributed by atoms with Crippen LogP contribution in [-0.4, -0.2) is 10.2 Å². The van der Waals surface area contributed by atoms with E-state index in [-0.39, 0.29) is 11.6 Å². The van der Waals surface area contributed by atoms with Gasteiger partial charge in [0, 0.05) is 5.39 Å². The lowest BCUT2D eigenvalue weighted by Gasteiger charge is -2.13. The highest BCUT2D eigenvalue weighted by molar-refractivity contribution is 5.90. The van der Waals surface area contributed by atoms with Crippen LogP contribution >= 0.6 is 0 Å².